The predicted molar refractivity (Wildman–Crippen MR) is 80.1 cm³/mol. The summed E-state index contributed by atoms with van der Waals surface area (Å²) in [5.41, 5.74) is 0.586. The maximum absolute atomic E-state index is 12.5. The molecule has 1 aliphatic rings. The summed E-state index contributed by atoms with van der Waals surface area (Å²) in [6.07, 6.45) is 2.45. The van der Waals surface area contributed by atoms with Crippen molar-refractivity contribution in [2.24, 2.45) is 0 Å². The van der Waals surface area contributed by atoms with E-state index in [1.807, 2.05) is 27.7 Å². The van der Waals surface area contributed by atoms with Crippen molar-refractivity contribution in [2.45, 2.75) is 58.0 Å². The summed E-state index contributed by atoms with van der Waals surface area (Å²) in [5.74, 6) is -0.130. The number of pyridine rings is 1. The lowest BCUT2D eigenvalue weighted by atomic mass is 9.94. The van der Waals surface area contributed by atoms with Crippen molar-refractivity contribution >= 4 is 5.91 Å². The summed E-state index contributed by atoms with van der Waals surface area (Å²) < 4.78 is 11.1. The Hall–Kier alpha value is -1.46. The fourth-order valence-corrected chi connectivity index (χ4v) is 2.92. The van der Waals surface area contributed by atoms with E-state index in [1.54, 1.807) is 25.4 Å². The SMILES string of the molecule is COCc1ncccc1C(=O)NC1CC(C)(C)OC1(C)C. The first-order valence-electron chi connectivity index (χ1n) is 7.19. The first-order chi connectivity index (χ1) is 9.75. The second-order valence-electron chi connectivity index (χ2n) is 6.63. The second-order valence-corrected chi connectivity index (χ2v) is 6.63. The van der Waals surface area contributed by atoms with Crippen molar-refractivity contribution in [3.05, 3.63) is 29.6 Å². The van der Waals surface area contributed by atoms with Crippen LogP contribution in [0.5, 0.6) is 0 Å². The molecule has 1 unspecified atom stereocenters. The van der Waals surface area contributed by atoms with Gasteiger partial charge in [-0.1, -0.05) is 0 Å². The number of hydrogen-bond acceptors (Lipinski definition) is 4. The quantitative estimate of drug-likeness (QED) is 0.925. The molecular weight excluding hydrogens is 268 g/mol. The number of carbonyl (C=O) groups excluding carboxylic acids is 1. The van der Waals surface area contributed by atoms with Crippen LogP contribution in [0.4, 0.5) is 0 Å². The average Bonchev–Trinajstić information content (AvgIpc) is 2.58. The van der Waals surface area contributed by atoms with Crippen LogP contribution in [0.1, 0.15) is 50.2 Å². The molecule has 1 aromatic rings. The lowest BCUT2D eigenvalue weighted by Gasteiger charge is -2.27. The van der Waals surface area contributed by atoms with Gasteiger partial charge in [0.2, 0.25) is 0 Å². The van der Waals surface area contributed by atoms with Gasteiger partial charge in [-0.05, 0) is 46.2 Å². The average molecular weight is 292 g/mol. The van der Waals surface area contributed by atoms with Crippen LogP contribution in [0, 0.1) is 0 Å². The molecule has 2 rings (SSSR count). The fourth-order valence-electron chi connectivity index (χ4n) is 2.92. The van der Waals surface area contributed by atoms with E-state index in [2.05, 4.69) is 10.3 Å². The minimum Gasteiger partial charge on any atom is -0.378 e. The molecule has 1 aromatic heterocycles. The molecule has 0 aromatic carbocycles. The van der Waals surface area contributed by atoms with Crippen LogP contribution >= 0.6 is 0 Å². The summed E-state index contributed by atoms with van der Waals surface area (Å²) in [5, 5.41) is 3.08. The molecule has 1 fully saturated rings. The van der Waals surface area contributed by atoms with Gasteiger partial charge in [-0.2, -0.15) is 0 Å². The third-order valence-corrected chi connectivity index (χ3v) is 3.80. The summed E-state index contributed by atoms with van der Waals surface area (Å²) in [6.45, 7) is 8.42. The minimum absolute atomic E-state index is 0.0319. The van der Waals surface area contributed by atoms with E-state index in [0.717, 1.165) is 6.42 Å². The Kier molecular flexibility index (Phi) is 4.35. The Labute approximate surface area is 126 Å². The third-order valence-electron chi connectivity index (χ3n) is 3.80. The number of aromatic nitrogens is 1. The number of nitrogens with zero attached hydrogens (tertiary/aromatic N) is 1. The van der Waals surface area contributed by atoms with Crippen molar-refractivity contribution in [2.75, 3.05) is 7.11 Å². The van der Waals surface area contributed by atoms with Gasteiger partial charge in [0.1, 0.15) is 0 Å². The fraction of sp³-hybridized carbons (Fsp3) is 0.625. The molecule has 21 heavy (non-hydrogen) atoms. The monoisotopic (exact) mass is 292 g/mol. The molecule has 1 atom stereocenters. The van der Waals surface area contributed by atoms with Gasteiger partial charge >= 0.3 is 0 Å². The normalized spacial score (nSPS) is 23.0. The van der Waals surface area contributed by atoms with E-state index in [1.165, 1.54) is 0 Å². The highest BCUT2D eigenvalue weighted by molar-refractivity contribution is 5.95. The highest BCUT2D eigenvalue weighted by atomic mass is 16.5. The van der Waals surface area contributed by atoms with Crippen molar-refractivity contribution in [3.8, 4) is 0 Å². The number of ether oxygens (including phenoxy) is 2. The lowest BCUT2D eigenvalue weighted by Crippen LogP contribution is -2.46. The van der Waals surface area contributed by atoms with Gasteiger partial charge in [0, 0.05) is 13.3 Å². The largest absolute Gasteiger partial charge is 0.378 e. The maximum Gasteiger partial charge on any atom is 0.253 e. The zero-order valence-corrected chi connectivity index (χ0v) is 13.4. The number of hydrogen-bond donors (Lipinski definition) is 1. The molecule has 0 spiro atoms. The Morgan fingerprint density at radius 1 is 1.48 bits per heavy atom. The van der Waals surface area contributed by atoms with Gasteiger partial charge in [0.25, 0.3) is 5.91 Å². The van der Waals surface area contributed by atoms with E-state index in [4.69, 9.17) is 9.47 Å². The molecule has 5 nitrogen and oxygen atoms in total. The molecule has 0 aliphatic carbocycles. The zero-order chi connectivity index (χ0) is 15.7. The van der Waals surface area contributed by atoms with Crippen LogP contribution in [0.2, 0.25) is 0 Å². The summed E-state index contributed by atoms with van der Waals surface area (Å²) in [6, 6.07) is 3.49. The van der Waals surface area contributed by atoms with Crippen LogP contribution in [0.25, 0.3) is 0 Å². The molecule has 0 saturated carbocycles. The number of carbonyl (C=O) groups is 1. The number of nitrogens with one attached hydrogen (secondary N) is 1. The standard InChI is InChI=1S/C16H24N2O3/c1-15(2)9-13(16(3,4)21-15)18-14(19)11-7-6-8-17-12(11)10-20-5/h6-8,13H,9-10H2,1-5H3,(H,18,19). The highest BCUT2D eigenvalue weighted by Gasteiger charge is 2.46. The van der Waals surface area contributed by atoms with Gasteiger partial charge < -0.3 is 14.8 Å². The Morgan fingerprint density at radius 2 is 2.19 bits per heavy atom. The molecule has 1 saturated heterocycles. The summed E-state index contributed by atoms with van der Waals surface area (Å²) in [7, 11) is 1.59. The Morgan fingerprint density at radius 3 is 2.76 bits per heavy atom. The molecular formula is C16H24N2O3. The molecule has 0 bridgehead atoms. The maximum atomic E-state index is 12.5. The van der Waals surface area contributed by atoms with Crippen molar-refractivity contribution in [1.82, 2.24) is 10.3 Å². The summed E-state index contributed by atoms with van der Waals surface area (Å²) in [4.78, 5) is 16.7. The van der Waals surface area contributed by atoms with Gasteiger partial charge in [-0.3, -0.25) is 9.78 Å². The van der Waals surface area contributed by atoms with Crippen molar-refractivity contribution in [1.29, 1.82) is 0 Å². The number of methoxy groups -OCH3 is 1. The predicted octanol–water partition coefficient (Wildman–Crippen LogP) is 2.30. The summed E-state index contributed by atoms with van der Waals surface area (Å²) >= 11 is 0. The third kappa shape index (κ3) is 3.60. The van der Waals surface area contributed by atoms with Gasteiger partial charge in [-0.25, -0.2) is 0 Å². The first kappa shape index (κ1) is 15.9. The molecule has 1 aliphatic heterocycles. The zero-order valence-electron chi connectivity index (χ0n) is 13.4. The highest BCUT2D eigenvalue weighted by Crippen LogP contribution is 2.37. The van der Waals surface area contributed by atoms with E-state index in [-0.39, 0.29) is 23.2 Å². The molecule has 1 N–H and O–H groups in total. The van der Waals surface area contributed by atoms with E-state index in [9.17, 15) is 4.79 Å². The number of rotatable bonds is 4. The first-order valence-corrected chi connectivity index (χ1v) is 7.19. The van der Waals surface area contributed by atoms with E-state index < -0.39 is 0 Å². The van der Waals surface area contributed by atoms with Gasteiger partial charge in [0.15, 0.2) is 0 Å². The smallest absolute Gasteiger partial charge is 0.253 e. The molecule has 2 heterocycles. The number of amides is 1. The van der Waals surface area contributed by atoms with E-state index >= 15 is 0 Å². The van der Waals surface area contributed by atoms with Crippen LogP contribution in [-0.2, 0) is 16.1 Å². The van der Waals surface area contributed by atoms with Gasteiger partial charge in [0.05, 0.1) is 35.1 Å². The van der Waals surface area contributed by atoms with Gasteiger partial charge in [-0.15, -0.1) is 0 Å². The Bertz CT molecular complexity index is 526. The second kappa shape index (κ2) is 5.73. The van der Waals surface area contributed by atoms with Crippen molar-refractivity contribution in [3.63, 3.8) is 0 Å². The van der Waals surface area contributed by atoms with Crippen molar-refractivity contribution < 1.29 is 14.3 Å². The molecule has 116 valence electrons. The van der Waals surface area contributed by atoms with Crippen LogP contribution < -0.4 is 5.32 Å². The molecule has 0 radical (unpaired) electrons. The molecule has 5 heteroatoms. The molecule has 1 amide bonds. The topological polar surface area (TPSA) is 60.5 Å². The van der Waals surface area contributed by atoms with E-state index in [0.29, 0.717) is 17.9 Å². The van der Waals surface area contributed by atoms with Crippen LogP contribution in [-0.4, -0.2) is 35.2 Å². The Balaban J connectivity index is 2.15. The lowest BCUT2D eigenvalue weighted by molar-refractivity contribution is -0.0693. The van der Waals surface area contributed by atoms with Crippen LogP contribution in [0.15, 0.2) is 18.3 Å². The minimum atomic E-state index is -0.386. The van der Waals surface area contributed by atoms with Crippen LogP contribution in [0.3, 0.4) is 0 Å².